The third-order valence-corrected chi connectivity index (χ3v) is 5.31. The number of aliphatic hydroxyl groups is 1. The summed E-state index contributed by atoms with van der Waals surface area (Å²) in [6.45, 7) is 8.12. The van der Waals surface area contributed by atoms with E-state index in [1.54, 1.807) is 14.2 Å². The summed E-state index contributed by atoms with van der Waals surface area (Å²) < 4.78 is 16.7. The second kappa shape index (κ2) is 10.9. The van der Waals surface area contributed by atoms with Gasteiger partial charge < -0.3 is 24.2 Å². The monoisotopic (exact) mass is 412 g/mol. The molecule has 162 valence electrons. The van der Waals surface area contributed by atoms with Gasteiger partial charge in [-0.3, -0.25) is 4.90 Å². The van der Waals surface area contributed by atoms with Crippen molar-refractivity contribution in [2.24, 2.45) is 0 Å². The van der Waals surface area contributed by atoms with Gasteiger partial charge in [-0.2, -0.15) is 0 Å². The summed E-state index contributed by atoms with van der Waals surface area (Å²) in [4.78, 5) is 4.60. The van der Waals surface area contributed by atoms with E-state index in [4.69, 9.17) is 14.2 Å². The van der Waals surface area contributed by atoms with Gasteiger partial charge in [0.05, 0.1) is 19.9 Å². The minimum Gasteiger partial charge on any atom is -0.495 e. The van der Waals surface area contributed by atoms with Gasteiger partial charge in [0.15, 0.2) is 11.5 Å². The molecule has 3 rings (SSSR count). The predicted molar refractivity (Wildman–Crippen MR) is 120 cm³/mol. The normalized spacial score (nSPS) is 15.5. The summed E-state index contributed by atoms with van der Waals surface area (Å²) in [6, 6.07) is 13.9. The Labute approximate surface area is 179 Å². The van der Waals surface area contributed by atoms with Crippen molar-refractivity contribution in [3.63, 3.8) is 0 Å². The fraction of sp³-hybridized carbons (Fsp3) is 0.417. The molecule has 6 heteroatoms. The van der Waals surface area contributed by atoms with Crippen LogP contribution in [0.4, 0.5) is 5.69 Å². The summed E-state index contributed by atoms with van der Waals surface area (Å²) in [5.41, 5.74) is 2.23. The molecule has 1 saturated heterocycles. The lowest BCUT2D eigenvalue weighted by molar-refractivity contribution is 0.0653. The van der Waals surface area contributed by atoms with Gasteiger partial charge in [0.1, 0.15) is 18.5 Å². The lowest BCUT2D eigenvalue weighted by Gasteiger charge is -2.37. The fourth-order valence-electron chi connectivity index (χ4n) is 3.72. The summed E-state index contributed by atoms with van der Waals surface area (Å²) in [7, 11) is 3.32. The number of β-amino-alcohol motifs (C(OH)–C–C–N with tert-alkyl or cyclic N) is 1. The lowest BCUT2D eigenvalue weighted by atomic mass is 10.1. The first-order chi connectivity index (χ1) is 14.6. The first-order valence-corrected chi connectivity index (χ1v) is 10.3. The van der Waals surface area contributed by atoms with Gasteiger partial charge in [-0.05, 0) is 36.2 Å². The van der Waals surface area contributed by atoms with Crippen LogP contribution in [0.1, 0.15) is 5.56 Å². The summed E-state index contributed by atoms with van der Waals surface area (Å²) in [5.74, 6) is 2.21. The number of hydrogen-bond donors (Lipinski definition) is 1. The van der Waals surface area contributed by atoms with Crippen molar-refractivity contribution >= 4 is 5.69 Å². The Bertz CT molecular complexity index is 819. The van der Waals surface area contributed by atoms with Crippen LogP contribution in [0.5, 0.6) is 17.2 Å². The molecule has 0 bridgehead atoms. The summed E-state index contributed by atoms with van der Waals surface area (Å²) in [5, 5.41) is 10.5. The molecule has 1 heterocycles. The zero-order valence-corrected chi connectivity index (χ0v) is 17.9. The van der Waals surface area contributed by atoms with E-state index in [1.807, 2.05) is 42.5 Å². The molecule has 6 nitrogen and oxygen atoms in total. The second-order valence-corrected chi connectivity index (χ2v) is 7.40. The average molecular weight is 413 g/mol. The predicted octanol–water partition coefficient (Wildman–Crippen LogP) is 2.99. The van der Waals surface area contributed by atoms with Crippen LogP contribution in [0.25, 0.3) is 0 Å². The third kappa shape index (κ3) is 5.68. The van der Waals surface area contributed by atoms with Gasteiger partial charge >= 0.3 is 0 Å². The topological polar surface area (TPSA) is 54.4 Å². The highest BCUT2D eigenvalue weighted by Crippen LogP contribution is 2.29. The number of para-hydroxylation sites is 2. The highest BCUT2D eigenvalue weighted by atomic mass is 16.5. The number of nitrogens with zero attached hydrogens (tertiary/aromatic N) is 2. The van der Waals surface area contributed by atoms with Crippen LogP contribution in [0, 0.1) is 0 Å². The van der Waals surface area contributed by atoms with E-state index in [9.17, 15) is 5.11 Å². The van der Waals surface area contributed by atoms with Crippen molar-refractivity contribution in [1.82, 2.24) is 4.90 Å². The number of allylic oxidation sites excluding steroid dienone is 1. The Morgan fingerprint density at radius 2 is 1.73 bits per heavy atom. The van der Waals surface area contributed by atoms with Crippen LogP contribution in [0.2, 0.25) is 0 Å². The molecule has 2 aromatic rings. The SMILES string of the molecule is C=CCc1ccc(OC[C@@H](O)CN2CCN(c3ccccc3OC)CC2)c(OC)c1. The number of anilines is 1. The fourth-order valence-corrected chi connectivity index (χ4v) is 3.72. The Morgan fingerprint density at radius 3 is 2.43 bits per heavy atom. The first-order valence-electron chi connectivity index (χ1n) is 10.3. The number of rotatable bonds is 10. The van der Waals surface area contributed by atoms with E-state index in [0.717, 1.165) is 49.6 Å². The zero-order valence-electron chi connectivity index (χ0n) is 17.9. The molecule has 2 aromatic carbocycles. The molecule has 30 heavy (non-hydrogen) atoms. The van der Waals surface area contributed by atoms with Crippen molar-refractivity contribution in [2.45, 2.75) is 12.5 Å². The molecule has 0 radical (unpaired) electrons. The summed E-state index contributed by atoms with van der Waals surface area (Å²) in [6.07, 6.45) is 2.06. The number of methoxy groups -OCH3 is 2. The van der Waals surface area contributed by atoms with Crippen molar-refractivity contribution in [1.29, 1.82) is 0 Å². The Kier molecular flexibility index (Phi) is 7.99. The lowest BCUT2D eigenvalue weighted by Crippen LogP contribution is -2.49. The van der Waals surface area contributed by atoms with Crippen molar-refractivity contribution in [3.05, 3.63) is 60.7 Å². The molecule has 1 aliphatic rings. The van der Waals surface area contributed by atoms with Gasteiger partial charge in [0, 0.05) is 32.7 Å². The quantitative estimate of drug-likeness (QED) is 0.606. The number of piperazine rings is 1. The van der Waals surface area contributed by atoms with E-state index in [2.05, 4.69) is 22.4 Å². The molecule has 0 aliphatic carbocycles. The number of ether oxygens (including phenoxy) is 3. The molecule has 0 spiro atoms. The molecule has 0 unspecified atom stereocenters. The third-order valence-electron chi connectivity index (χ3n) is 5.31. The average Bonchev–Trinajstić information content (AvgIpc) is 2.78. The Balaban J connectivity index is 1.47. The number of benzene rings is 2. The van der Waals surface area contributed by atoms with Gasteiger partial charge in [-0.15, -0.1) is 6.58 Å². The largest absolute Gasteiger partial charge is 0.495 e. The highest BCUT2D eigenvalue weighted by Gasteiger charge is 2.21. The smallest absolute Gasteiger partial charge is 0.161 e. The maximum atomic E-state index is 10.5. The maximum Gasteiger partial charge on any atom is 0.161 e. The van der Waals surface area contributed by atoms with Gasteiger partial charge in [-0.1, -0.05) is 24.3 Å². The molecule has 0 aromatic heterocycles. The molecule has 1 N–H and O–H groups in total. The van der Waals surface area contributed by atoms with E-state index in [0.29, 0.717) is 18.0 Å². The zero-order chi connectivity index (χ0) is 21.3. The number of hydrogen-bond acceptors (Lipinski definition) is 6. The van der Waals surface area contributed by atoms with Crippen molar-refractivity contribution < 1.29 is 19.3 Å². The van der Waals surface area contributed by atoms with E-state index in [1.165, 1.54) is 0 Å². The van der Waals surface area contributed by atoms with Gasteiger partial charge in [0.25, 0.3) is 0 Å². The molecule has 0 saturated carbocycles. The van der Waals surface area contributed by atoms with Crippen LogP contribution >= 0.6 is 0 Å². The van der Waals surface area contributed by atoms with E-state index < -0.39 is 6.10 Å². The first kappa shape index (κ1) is 22.0. The molecule has 0 amide bonds. The number of aliphatic hydroxyl groups excluding tert-OH is 1. The van der Waals surface area contributed by atoms with E-state index in [-0.39, 0.29) is 6.61 Å². The van der Waals surface area contributed by atoms with Crippen molar-refractivity contribution in [2.75, 3.05) is 58.5 Å². The van der Waals surface area contributed by atoms with E-state index >= 15 is 0 Å². The Morgan fingerprint density at radius 1 is 1.00 bits per heavy atom. The van der Waals surface area contributed by atoms with Crippen LogP contribution in [-0.4, -0.2) is 69.7 Å². The highest BCUT2D eigenvalue weighted by molar-refractivity contribution is 5.58. The molecular weight excluding hydrogens is 380 g/mol. The minimum atomic E-state index is -0.569. The second-order valence-electron chi connectivity index (χ2n) is 7.40. The molecule has 1 atom stereocenters. The van der Waals surface area contributed by atoms with Crippen LogP contribution in [-0.2, 0) is 6.42 Å². The van der Waals surface area contributed by atoms with Crippen LogP contribution < -0.4 is 19.1 Å². The van der Waals surface area contributed by atoms with Gasteiger partial charge in [-0.25, -0.2) is 0 Å². The molecular formula is C24H32N2O4. The minimum absolute atomic E-state index is 0.226. The van der Waals surface area contributed by atoms with Crippen LogP contribution in [0.15, 0.2) is 55.1 Å². The summed E-state index contributed by atoms with van der Waals surface area (Å²) >= 11 is 0. The molecule has 1 fully saturated rings. The van der Waals surface area contributed by atoms with Crippen LogP contribution in [0.3, 0.4) is 0 Å². The maximum absolute atomic E-state index is 10.5. The Hall–Kier alpha value is -2.70. The molecule has 1 aliphatic heterocycles. The van der Waals surface area contributed by atoms with Gasteiger partial charge in [0.2, 0.25) is 0 Å². The standard InChI is InChI=1S/C24H32N2O4/c1-4-7-19-10-11-23(24(16-19)29-3)30-18-20(27)17-25-12-14-26(15-13-25)21-8-5-6-9-22(21)28-2/h4-6,8-11,16,20,27H,1,7,12-15,17-18H2,2-3H3/t20-/m0/s1. The van der Waals surface area contributed by atoms with Crippen molar-refractivity contribution in [3.8, 4) is 17.2 Å².